The van der Waals surface area contributed by atoms with Gasteiger partial charge in [-0.1, -0.05) is 29.8 Å². The van der Waals surface area contributed by atoms with Crippen LogP contribution in [-0.2, 0) is 22.5 Å². The second kappa shape index (κ2) is 9.10. The number of benzene rings is 3. The average molecular weight is 545 g/mol. The van der Waals surface area contributed by atoms with Crippen molar-refractivity contribution in [1.82, 2.24) is 19.3 Å². The number of halogens is 1. The number of fused-ring (bicyclic) bond motifs is 1. The van der Waals surface area contributed by atoms with E-state index in [1.165, 1.54) is 44.8 Å². The molecule has 0 radical (unpaired) electrons. The van der Waals surface area contributed by atoms with Crippen molar-refractivity contribution in [3.8, 4) is 0 Å². The number of piperidine rings is 1. The molecule has 2 heterocycles. The van der Waals surface area contributed by atoms with E-state index in [1.54, 1.807) is 19.2 Å². The molecule has 2 aliphatic rings. The van der Waals surface area contributed by atoms with Gasteiger partial charge in [0.25, 0.3) is 10.0 Å². The van der Waals surface area contributed by atoms with Crippen LogP contribution in [0.2, 0.25) is 0 Å². The van der Waals surface area contributed by atoms with Crippen molar-refractivity contribution in [1.29, 1.82) is 5.41 Å². The van der Waals surface area contributed by atoms with Crippen LogP contribution >= 0.6 is 0 Å². The van der Waals surface area contributed by atoms with Gasteiger partial charge in [-0.3, -0.25) is 0 Å². The van der Waals surface area contributed by atoms with E-state index in [2.05, 4.69) is 46.7 Å². The fraction of sp³-hybridized carbons (Fsp3) is 0.276. The summed E-state index contributed by atoms with van der Waals surface area (Å²) < 4.78 is 41.9. The first-order valence-electron chi connectivity index (χ1n) is 12.7. The number of nitrogens with zero attached hydrogens (tertiary/aromatic N) is 4. The minimum absolute atomic E-state index is 0.0518. The molecule has 2 fully saturated rings. The Morgan fingerprint density at radius 3 is 2.46 bits per heavy atom. The van der Waals surface area contributed by atoms with Crippen molar-refractivity contribution >= 4 is 27.6 Å². The van der Waals surface area contributed by atoms with E-state index >= 15 is 0 Å². The van der Waals surface area contributed by atoms with Gasteiger partial charge in [-0.2, -0.15) is 14.2 Å². The van der Waals surface area contributed by atoms with Gasteiger partial charge in [0.05, 0.1) is 6.20 Å². The molecule has 0 bridgehead atoms. The Hall–Kier alpha value is -3.89. The highest BCUT2D eigenvalue weighted by Gasteiger charge is 2.71. The van der Waals surface area contributed by atoms with Crippen molar-refractivity contribution in [2.24, 2.45) is 13.0 Å². The van der Waals surface area contributed by atoms with Gasteiger partial charge in [0.1, 0.15) is 5.82 Å². The summed E-state index contributed by atoms with van der Waals surface area (Å²) in [5.74, 6) is -0.0814. The average Bonchev–Trinajstić information content (AvgIpc) is 3.20. The maximum absolute atomic E-state index is 13.5. The molecule has 1 aliphatic carbocycles. The van der Waals surface area contributed by atoms with Gasteiger partial charge >= 0.3 is 0 Å². The van der Waals surface area contributed by atoms with Crippen LogP contribution in [0.1, 0.15) is 33.7 Å². The molecule has 1 aliphatic heterocycles. The first-order chi connectivity index (χ1) is 18.6. The van der Waals surface area contributed by atoms with Gasteiger partial charge in [0.15, 0.2) is 0 Å². The van der Waals surface area contributed by atoms with Crippen LogP contribution in [0.4, 0.5) is 15.8 Å². The summed E-state index contributed by atoms with van der Waals surface area (Å²) in [4.78, 5) is 1.25. The van der Waals surface area contributed by atoms with E-state index in [1.807, 2.05) is 19.1 Å². The molecule has 6 rings (SSSR count). The van der Waals surface area contributed by atoms with Crippen LogP contribution < -0.4 is 5.32 Å². The Kier molecular flexibility index (Phi) is 5.92. The van der Waals surface area contributed by atoms with E-state index < -0.39 is 15.4 Å². The smallest absolute Gasteiger partial charge is 0.264 e. The zero-order valence-corrected chi connectivity index (χ0v) is 22.7. The molecular formula is C29H29FN6O2S. The molecule has 3 atom stereocenters. The van der Waals surface area contributed by atoms with Crippen molar-refractivity contribution in [2.45, 2.75) is 30.2 Å². The normalized spacial score (nSPS) is 22.5. The molecule has 1 saturated carbocycles. The van der Waals surface area contributed by atoms with Crippen LogP contribution in [0.25, 0.3) is 0 Å². The molecule has 0 spiro atoms. The Morgan fingerprint density at radius 1 is 1.10 bits per heavy atom. The maximum atomic E-state index is 13.5. The van der Waals surface area contributed by atoms with Crippen LogP contribution in [0.15, 0.2) is 71.9 Å². The molecule has 1 aromatic heterocycles. The van der Waals surface area contributed by atoms with Crippen LogP contribution in [0.5, 0.6) is 0 Å². The number of hydrogen-bond acceptors (Lipinski definition) is 6. The van der Waals surface area contributed by atoms with Crippen molar-refractivity contribution in [3.63, 3.8) is 0 Å². The molecule has 3 aromatic carbocycles. The standard InChI is InChI=1S/C29H29FN6O2S/c1-18-4-6-20(7-5-18)28-25-16-36(39(37,38)27-15-32-35(3)34-27)17-29(25,28)24-13-21(14-31)26(12-19(24)2)33-23-10-8-22(30)9-11-23/h4-15,25,28,31,33H,16-17H2,1-3H3/t25-,28-,29+/m0/s1. The largest absolute Gasteiger partial charge is 0.355 e. The number of nitrogens with one attached hydrogen (secondary N) is 2. The Balaban J connectivity index is 1.41. The summed E-state index contributed by atoms with van der Waals surface area (Å²) in [5, 5.41) is 19.4. The highest BCUT2D eigenvalue weighted by atomic mass is 32.2. The van der Waals surface area contributed by atoms with Crippen LogP contribution in [0.3, 0.4) is 0 Å². The lowest BCUT2D eigenvalue weighted by Crippen LogP contribution is -2.35. The Bertz CT molecular complexity index is 1680. The van der Waals surface area contributed by atoms with Crippen molar-refractivity contribution < 1.29 is 12.8 Å². The van der Waals surface area contributed by atoms with Gasteiger partial charge in [0.2, 0.25) is 5.03 Å². The fourth-order valence-electron chi connectivity index (χ4n) is 6.24. The molecule has 200 valence electrons. The molecule has 8 nitrogen and oxygen atoms in total. The highest BCUT2D eigenvalue weighted by Crippen LogP contribution is 2.70. The maximum Gasteiger partial charge on any atom is 0.264 e. The monoisotopic (exact) mass is 544 g/mol. The number of sulfonamides is 1. The van der Waals surface area contributed by atoms with E-state index in [0.29, 0.717) is 24.3 Å². The quantitative estimate of drug-likeness (QED) is 0.329. The van der Waals surface area contributed by atoms with E-state index in [-0.39, 0.29) is 22.7 Å². The lowest BCUT2D eigenvalue weighted by Gasteiger charge is -2.25. The van der Waals surface area contributed by atoms with Gasteiger partial charge in [-0.05, 0) is 72.9 Å². The van der Waals surface area contributed by atoms with E-state index in [9.17, 15) is 12.8 Å². The summed E-state index contributed by atoms with van der Waals surface area (Å²) in [6, 6.07) is 18.5. The van der Waals surface area contributed by atoms with Crippen molar-refractivity contribution in [2.75, 3.05) is 18.4 Å². The summed E-state index contributed by atoms with van der Waals surface area (Å²) in [5.41, 5.74) is 6.10. The summed E-state index contributed by atoms with van der Waals surface area (Å²) >= 11 is 0. The first-order valence-corrected chi connectivity index (χ1v) is 14.2. The number of rotatable bonds is 7. The minimum atomic E-state index is -3.81. The third-order valence-electron chi connectivity index (χ3n) is 8.14. The molecule has 2 N–H and O–H groups in total. The van der Waals surface area contributed by atoms with Crippen LogP contribution in [0, 0.1) is 31.0 Å². The summed E-state index contributed by atoms with van der Waals surface area (Å²) in [6.07, 6.45) is 2.59. The Labute approximate surface area is 227 Å². The number of hydrogen-bond donors (Lipinski definition) is 2. The molecule has 10 heteroatoms. The van der Waals surface area contributed by atoms with Gasteiger partial charge in [-0.25, -0.2) is 12.8 Å². The molecule has 1 saturated heterocycles. The van der Waals surface area contributed by atoms with Gasteiger partial charge in [-0.15, -0.1) is 5.10 Å². The summed E-state index contributed by atoms with van der Waals surface area (Å²) in [6.45, 7) is 4.77. The molecule has 39 heavy (non-hydrogen) atoms. The third-order valence-corrected chi connectivity index (χ3v) is 9.82. The topological polar surface area (TPSA) is 104 Å². The first kappa shape index (κ1) is 25.4. The molecule has 0 unspecified atom stereocenters. The number of aromatic nitrogens is 3. The van der Waals surface area contributed by atoms with E-state index in [0.717, 1.165) is 16.8 Å². The molecular weight excluding hydrogens is 515 g/mol. The van der Waals surface area contributed by atoms with E-state index in [4.69, 9.17) is 5.41 Å². The second-order valence-corrected chi connectivity index (χ2v) is 12.4. The lowest BCUT2D eigenvalue weighted by molar-refractivity contribution is 0.418. The zero-order valence-electron chi connectivity index (χ0n) is 21.9. The summed E-state index contributed by atoms with van der Waals surface area (Å²) in [7, 11) is -2.21. The SMILES string of the molecule is Cc1ccc([C@H]2[C@@H]3CN(S(=O)(=O)c4cnn(C)n4)C[C@@]32c2cc(C=N)c(Nc3ccc(F)cc3)cc2C)cc1. The predicted octanol–water partition coefficient (Wildman–Crippen LogP) is 4.67. The highest BCUT2D eigenvalue weighted by molar-refractivity contribution is 7.89. The molecule has 0 amide bonds. The second-order valence-electron chi connectivity index (χ2n) is 10.5. The van der Waals surface area contributed by atoms with Gasteiger partial charge in [0, 0.05) is 54.6 Å². The Morgan fingerprint density at radius 2 is 1.82 bits per heavy atom. The third kappa shape index (κ3) is 4.15. The minimum Gasteiger partial charge on any atom is -0.355 e. The fourth-order valence-corrected chi connectivity index (χ4v) is 7.64. The predicted molar refractivity (Wildman–Crippen MR) is 148 cm³/mol. The number of anilines is 2. The van der Waals surface area contributed by atoms with Crippen molar-refractivity contribution in [3.05, 3.63) is 100 Å². The zero-order chi connectivity index (χ0) is 27.5. The molecule has 4 aromatic rings. The number of aryl methyl sites for hydroxylation is 3. The van der Waals surface area contributed by atoms with Gasteiger partial charge < -0.3 is 10.7 Å². The lowest BCUT2D eigenvalue weighted by atomic mass is 9.86. The van der Waals surface area contributed by atoms with Crippen LogP contribution in [-0.4, -0.2) is 47.0 Å².